The van der Waals surface area contributed by atoms with Crippen molar-refractivity contribution >= 4 is 26.5 Å². The normalized spacial score (nSPS) is 14.2. The van der Waals surface area contributed by atoms with Crippen LogP contribution in [0, 0.1) is 0 Å². The minimum absolute atomic E-state index is 0.0231. The van der Waals surface area contributed by atoms with E-state index in [4.69, 9.17) is 5.73 Å². The van der Waals surface area contributed by atoms with Gasteiger partial charge in [0.15, 0.2) is 10.2 Å². The summed E-state index contributed by atoms with van der Waals surface area (Å²) in [5.74, 6) is 0. The maximum atomic E-state index is 12.2. The molecule has 0 amide bonds. The Morgan fingerprint density at radius 1 is 1.35 bits per heavy atom. The molecule has 0 atom stereocenters. The highest BCUT2D eigenvalue weighted by Crippen LogP contribution is 2.31. The van der Waals surface area contributed by atoms with Crippen LogP contribution in [0.2, 0.25) is 0 Å². The Labute approximate surface area is 121 Å². The van der Waals surface area contributed by atoms with Crippen molar-refractivity contribution in [1.82, 2.24) is 9.97 Å². The third-order valence-electron chi connectivity index (χ3n) is 3.13. The molecule has 1 aliphatic rings. The lowest BCUT2D eigenvalue weighted by molar-refractivity contribution is 0.597. The number of hydrogen-bond acceptors (Lipinski definition) is 6. The first kappa shape index (κ1) is 13.5. The van der Waals surface area contributed by atoms with Gasteiger partial charge in [0, 0.05) is 17.6 Å². The van der Waals surface area contributed by atoms with Crippen molar-refractivity contribution in [2.45, 2.75) is 30.8 Å². The predicted molar refractivity (Wildman–Crippen MR) is 77.1 cm³/mol. The van der Waals surface area contributed by atoms with Crippen molar-refractivity contribution in [1.29, 1.82) is 0 Å². The van der Waals surface area contributed by atoms with Crippen molar-refractivity contribution in [2.24, 2.45) is 5.73 Å². The first-order valence-corrected chi connectivity index (χ1v) is 8.55. The molecule has 3 N–H and O–H groups in total. The second-order valence-electron chi connectivity index (χ2n) is 4.56. The highest BCUT2D eigenvalue weighted by atomic mass is 32.2. The molecule has 2 heterocycles. The third kappa shape index (κ3) is 2.54. The third-order valence-corrected chi connectivity index (χ3v) is 5.58. The Morgan fingerprint density at radius 3 is 2.85 bits per heavy atom. The summed E-state index contributed by atoms with van der Waals surface area (Å²) in [7, 11) is -3.68. The van der Waals surface area contributed by atoms with Gasteiger partial charge >= 0.3 is 0 Å². The van der Waals surface area contributed by atoms with Gasteiger partial charge in [0.1, 0.15) is 0 Å². The van der Waals surface area contributed by atoms with E-state index in [0.717, 1.165) is 30.5 Å². The van der Waals surface area contributed by atoms with Crippen LogP contribution >= 0.6 is 11.3 Å². The second kappa shape index (κ2) is 5.12. The monoisotopic (exact) mass is 310 g/mol. The maximum absolute atomic E-state index is 12.2. The topological polar surface area (TPSA) is 98.0 Å². The molecule has 2 aromatic rings. The van der Waals surface area contributed by atoms with Crippen molar-refractivity contribution in [2.75, 3.05) is 4.72 Å². The quantitative estimate of drug-likeness (QED) is 0.886. The average Bonchev–Trinajstić information content (AvgIpc) is 2.99. The van der Waals surface area contributed by atoms with Crippen LogP contribution in [0.1, 0.15) is 22.6 Å². The van der Waals surface area contributed by atoms with Gasteiger partial charge in [-0.3, -0.25) is 4.72 Å². The van der Waals surface area contributed by atoms with Crippen molar-refractivity contribution < 1.29 is 8.42 Å². The van der Waals surface area contributed by atoms with Crippen molar-refractivity contribution in [3.05, 3.63) is 34.5 Å². The molecule has 8 heteroatoms. The number of nitrogens with two attached hydrogens (primary N) is 1. The van der Waals surface area contributed by atoms with Crippen LogP contribution in [0.15, 0.2) is 23.4 Å². The van der Waals surface area contributed by atoms with E-state index < -0.39 is 10.0 Å². The Balaban J connectivity index is 1.83. The van der Waals surface area contributed by atoms with E-state index in [0.29, 0.717) is 11.7 Å². The Bertz CT molecular complexity index is 701. The number of rotatable bonds is 4. The molecule has 20 heavy (non-hydrogen) atoms. The van der Waals surface area contributed by atoms with E-state index >= 15 is 0 Å². The summed E-state index contributed by atoms with van der Waals surface area (Å²) in [6.07, 6.45) is 4.48. The number of pyridine rings is 1. The number of nitrogens with zero attached hydrogens (tertiary/aromatic N) is 2. The van der Waals surface area contributed by atoms with Crippen LogP contribution in [-0.2, 0) is 29.4 Å². The largest absolute Gasteiger partial charge is 0.326 e. The zero-order chi connectivity index (χ0) is 14.2. The van der Waals surface area contributed by atoms with E-state index in [2.05, 4.69) is 14.7 Å². The van der Waals surface area contributed by atoms with Gasteiger partial charge in [-0.05, 0) is 30.9 Å². The fourth-order valence-corrected chi connectivity index (χ4v) is 4.31. The number of hydrogen-bond donors (Lipinski definition) is 2. The highest BCUT2D eigenvalue weighted by Gasteiger charge is 2.21. The Morgan fingerprint density at radius 2 is 2.20 bits per heavy atom. The predicted octanol–water partition coefficient (Wildman–Crippen LogP) is 1.29. The van der Waals surface area contributed by atoms with E-state index in [9.17, 15) is 8.42 Å². The maximum Gasteiger partial charge on any atom is 0.281 e. The summed E-state index contributed by atoms with van der Waals surface area (Å²) in [6.45, 7) is 0.333. The number of fused-ring (bicyclic) bond motifs is 1. The van der Waals surface area contributed by atoms with E-state index in [1.54, 1.807) is 6.07 Å². The zero-order valence-electron chi connectivity index (χ0n) is 10.7. The Hall–Kier alpha value is -1.51. The molecule has 3 rings (SSSR count). The fourth-order valence-electron chi connectivity index (χ4n) is 2.09. The first-order chi connectivity index (χ1) is 9.58. The van der Waals surface area contributed by atoms with Crippen LogP contribution in [0.3, 0.4) is 0 Å². The number of aromatic nitrogens is 2. The number of anilines is 1. The van der Waals surface area contributed by atoms with Crippen molar-refractivity contribution in [3.8, 4) is 0 Å². The lowest BCUT2D eigenvalue weighted by Gasteiger charge is -2.05. The molecular weight excluding hydrogens is 296 g/mol. The number of thiazole rings is 1. The SMILES string of the molecule is NCc1ccc(S(=O)(=O)Nc2nc3c(s2)CCC3)nc1. The van der Waals surface area contributed by atoms with Crippen LogP contribution in [-0.4, -0.2) is 18.4 Å². The molecule has 0 aromatic carbocycles. The van der Waals surface area contributed by atoms with Crippen LogP contribution in [0.4, 0.5) is 5.13 Å². The van der Waals surface area contributed by atoms with Crippen LogP contribution in [0.5, 0.6) is 0 Å². The lowest BCUT2D eigenvalue weighted by atomic mass is 10.3. The number of aryl methyl sites for hydroxylation is 2. The van der Waals surface area contributed by atoms with Gasteiger partial charge in [-0.25, -0.2) is 9.97 Å². The average molecular weight is 310 g/mol. The van der Waals surface area contributed by atoms with Crippen LogP contribution in [0.25, 0.3) is 0 Å². The minimum atomic E-state index is -3.68. The summed E-state index contributed by atoms with van der Waals surface area (Å²) in [4.78, 5) is 9.42. The standard InChI is InChI=1S/C12H14N4O2S2/c13-6-8-4-5-11(14-7-8)20(17,18)16-12-15-9-2-1-3-10(9)19-12/h4-5,7H,1-3,6,13H2,(H,15,16). The van der Waals surface area contributed by atoms with Gasteiger partial charge in [0.05, 0.1) is 5.69 Å². The second-order valence-corrected chi connectivity index (χ2v) is 7.27. The summed E-state index contributed by atoms with van der Waals surface area (Å²) in [6, 6.07) is 3.11. The molecule has 0 saturated carbocycles. The van der Waals surface area contributed by atoms with Crippen LogP contribution < -0.4 is 10.5 Å². The Kier molecular flexibility index (Phi) is 3.45. The van der Waals surface area contributed by atoms with Gasteiger partial charge in [-0.1, -0.05) is 6.07 Å². The van der Waals surface area contributed by atoms with E-state index in [1.165, 1.54) is 28.5 Å². The molecule has 6 nitrogen and oxygen atoms in total. The molecule has 2 aromatic heterocycles. The molecule has 1 aliphatic carbocycles. The fraction of sp³-hybridized carbons (Fsp3) is 0.333. The smallest absolute Gasteiger partial charge is 0.281 e. The highest BCUT2D eigenvalue weighted by molar-refractivity contribution is 7.92. The minimum Gasteiger partial charge on any atom is -0.326 e. The molecule has 0 unspecified atom stereocenters. The molecular formula is C12H14N4O2S2. The zero-order valence-corrected chi connectivity index (χ0v) is 12.3. The molecule has 0 spiro atoms. The molecule has 0 saturated heterocycles. The molecule has 0 aliphatic heterocycles. The van der Waals surface area contributed by atoms with Gasteiger partial charge in [-0.15, -0.1) is 11.3 Å². The van der Waals surface area contributed by atoms with Gasteiger partial charge in [0.25, 0.3) is 10.0 Å². The molecule has 0 radical (unpaired) electrons. The summed E-state index contributed by atoms with van der Waals surface area (Å²) >= 11 is 1.40. The number of nitrogens with one attached hydrogen (secondary N) is 1. The summed E-state index contributed by atoms with van der Waals surface area (Å²) in [5, 5.41) is 0.393. The lowest BCUT2D eigenvalue weighted by Crippen LogP contribution is -2.14. The summed E-state index contributed by atoms with van der Waals surface area (Å²) in [5.41, 5.74) is 7.26. The van der Waals surface area contributed by atoms with Gasteiger partial charge in [-0.2, -0.15) is 8.42 Å². The molecule has 106 valence electrons. The molecule has 0 fully saturated rings. The first-order valence-electron chi connectivity index (χ1n) is 6.25. The van der Waals surface area contributed by atoms with E-state index in [-0.39, 0.29) is 5.03 Å². The van der Waals surface area contributed by atoms with E-state index in [1.807, 2.05) is 0 Å². The van der Waals surface area contributed by atoms with Crippen molar-refractivity contribution in [3.63, 3.8) is 0 Å². The number of sulfonamides is 1. The molecule has 0 bridgehead atoms. The summed E-state index contributed by atoms with van der Waals surface area (Å²) < 4.78 is 26.9. The van der Waals surface area contributed by atoms with Gasteiger partial charge in [0.2, 0.25) is 0 Å². The van der Waals surface area contributed by atoms with Gasteiger partial charge < -0.3 is 5.73 Å².